The van der Waals surface area contributed by atoms with Gasteiger partial charge in [-0.2, -0.15) is 0 Å². The van der Waals surface area contributed by atoms with Gasteiger partial charge >= 0.3 is 0 Å². The number of rotatable bonds is 5. The van der Waals surface area contributed by atoms with Gasteiger partial charge in [0.05, 0.1) is 0 Å². The lowest BCUT2D eigenvalue weighted by molar-refractivity contribution is -0.138. The van der Waals surface area contributed by atoms with Gasteiger partial charge in [0.15, 0.2) is 10.7 Å². The van der Waals surface area contributed by atoms with Crippen molar-refractivity contribution in [1.29, 1.82) is 0 Å². The molecular weight excluding hydrogens is 388 g/mol. The van der Waals surface area contributed by atoms with E-state index in [4.69, 9.17) is 12.2 Å². The Morgan fingerprint density at radius 3 is 2.47 bits per heavy atom. The molecule has 1 amide bonds. The van der Waals surface area contributed by atoms with E-state index in [1.165, 1.54) is 42.4 Å². The van der Waals surface area contributed by atoms with Crippen LogP contribution in [-0.2, 0) is 23.2 Å². The number of benzene rings is 1. The van der Waals surface area contributed by atoms with Gasteiger partial charge in [-0.1, -0.05) is 45.4 Å². The lowest BCUT2D eigenvalue weighted by atomic mass is 9.59. The molecule has 4 rings (SSSR count). The largest absolute Gasteiger partial charge is 0.344 e. The first kappa shape index (κ1) is 21.8. The third-order valence-corrected chi connectivity index (χ3v) is 8.42. The molecule has 1 unspecified atom stereocenters. The second kappa shape index (κ2) is 7.93. The van der Waals surface area contributed by atoms with Crippen LogP contribution in [-0.4, -0.2) is 22.0 Å². The van der Waals surface area contributed by atoms with E-state index < -0.39 is 5.54 Å². The number of nitrogens with one attached hydrogen (secondary N) is 1. The van der Waals surface area contributed by atoms with Gasteiger partial charge in [0.1, 0.15) is 0 Å². The molecule has 164 valence electrons. The minimum atomic E-state index is -0.670. The van der Waals surface area contributed by atoms with Crippen LogP contribution >= 0.6 is 12.2 Å². The number of hydrogen-bond donors (Lipinski definition) is 1. The summed E-state index contributed by atoms with van der Waals surface area (Å²) in [5.41, 5.74) is 3.20. The Hall–Kier alpha value is -1.42. The molecule has 1 heterocycles. The Balaban J connectivity index is 1.80. The zero-order valence-corrected chi connectivity index (χ0v) is 20.2. The third-order valence-electron chi connectivity index (χ3n) is 8.12. The number of fused-ring (bicyclic) bond motifs is 3. The predicted molar refractivity (Wildman–Crippen MR) is 127 cm³/mol. The maximum absolute atomic E-state index is 14.1. The average Bonchev–Trinajstić information content (AvgIpc) is 3.13. The van der Waals surface area contributed by atoms with Crippen LogP contribution in [0.15, 0.2) is 18.2 Å². The monoisotopic (exact) mass is 426 g/mol. The zero-order valence-electron chi connectivity index (χ0n) is 19.4. The fraction of sp³-hybridized carbons (Fsp3) is 0.692. The topological polar surface area (TPSA) is 32.3 Å². The van der Waals surface area contributed by atoms with Crippen LogP contribution in [0.5, 0.6) is 0 Å². The Morgan fingerprint density at radius 1 is 1.20 bits per heavy atom. The Morgan fingerprint density at radius 2 is 1.90 bits per heavy atom. The first-order chi connectivity index (χ1) is 14.2. The van der Waals surface area contributed by atoms with E-state index in [9.17, 15) is 4.79 Å². The second-order valence-corrected chi connectivity index (χ2v) is 11.1. The molecule has 1 atom stereocenters. The number of carbonyl (C=O) groups excluding carboxylic acids is 1. The number of hydrogen-bond acceptors (Lipinski definition) is 2. The zero-order chi connectivity index (χ0) is 21.7. The van der Waals surface area contributed by atoms with Gasteiger partial charge < -0.3 is 5.32 Å². The Bertz CT molecular complexity index is 837. The lowest BCUT2D eigenvalue weighted by Gasteiger charge is -2.47. The minimum absolute atomic E-state index is 0.0531. The van der Waals surface area contributed by atoms with Crippen molar-refractivity contribution < 1.29 is 4.79 Å². The van der Waals surface area contributed by atoms with Gasteiger partial charge in [-0.25, -0.2) is 0 Å². The molecule has 30 heavy (non-hydrogen) atoms. The van der Waals surface area contributed by atoms with E-state index in [0.717, 1.165) is 31.6 Å². The van der Waals surface area contributed by atoms with E-state index in [1.54, 1.807) is 0 Å². The normalized spacial score (nSPS) is 30.8. The first-order valence-electron chi connectivity index (χ1n) is 12.0. The summed E-state index contributed by atoms with van der Waals surface area (Å²) in [7, 11) is 0. The molecule has 3 nitrogen and oxygen atoms in total. The molecule has 2 aliphatic carbocycles. The molecule has 4 heteroatoms. The van der Waals surface area contributed by atoms with Crippen molar-refractivity contribution in [3.8, 4) is 0 Å². The van der Waals surface area contributed by atoms with Gasteiger partial charge in [-0.3, -0.25) is 9.69 Å². The summed E-state index contributed by atoms with van der Waals surface area (Å²) in [4.78, 5) is 16.0. The number of thiocarbonyl (C=S) groups is 1. The smallest absolute Gasteiger partial charge is 0.259 e. The molecule has 0 aromatic heterocycles. The van der Waals surface area contributed by atoms with Crippen LogP contribution in [0.1, 0.15) is 89.8 Å². The summed E-state index contributed by atoms with van der Waals surface area (Å²) in [6.45, 7) is 11.0. The van der Waals surface area contributed by atoms with Gasteiger partial charge in [-0.15, -0.1) is 0 Å². The van der Waals surface area contributed by atoms with E-state index in [1.807, 2.05) is 4.90 Å². The quantitative estimate of drug-likeness (QED) is 0.610. The number of aryl methyl sites for hydroxylation is 1. The molecule has 2 spiro atoms. The molecule has 0 radical (unpaired) electrons. The summed E-state index contributed by atoms with van der Waals surface area (Å²) >= 11 is 5.74. The third kappa shape index (κ3) is 3.21. The van der Waals surface area contributed by atoms with Crippen LogP contribution in [0.2, 0.25) is 0 Å². The molecule has 3 aliphatic rings. The molecular formula is C26H38N2OS. The second-order valence-electron chi connectivity index (χ2n) is 10.7. The van der Waals surface area contributed by atoms with Crippen molar-refractivity contribution in [2.75, 3.05) is 0 Å². The highest BCUT2D eigenvalue weighted by Gasteiger charge is 2.67. The maximum Gasteiger partial charge on any atom is 0.259 e. The van der Waals surface area contributed by atoms with Crippen LogP contribution < -0.4 is 5.32 Å². The summed E-state index contributed by atoms with van der Waals surface area (Å²) in [6.07, 6.45) is 9.13. The number of nitrogens with zero attached hydrogens (tertiary/aromatic N) is 1. The molecule has 1 saturated heterocycles. The van der Waals surface area contributed by atoms with Crippen molar-refractivity contribution in [2.45, 2.75) is 97.6 Å². The van der Waals surface area contributed by atoms with E-state index >= 15 is 0 Å². The summed E-state index contributed by atoms with van der Waals surface area (Å²) < 4.78 is 0. The van der Waals surface area contributed by atoms with E-state index in [0.29, 0.717) is 11.0 Å². The fourth-order valence-electron chi connectivity index (χ4n) is 6.27. The highest BCUT2D eigenvalue weighted by Crippen LogP contribution is 2.60. The lowest BCUT2D eigenvalue weighted by Crippen LogP contribution is -2.56. The molecule has 0 bridgehead atoms. The van der Waals surface area contributed by atoms with Crippen molar-refractivity contribution in [2.24, 2.45) is 17.3 Å². The van der Waals surface area contributed by atoms with E-state index in [2.05, 4.69) is 58.1 Å². The molecule has 1 aliphatic heterocycles. The Labute approximate surface area is 188 Å². The average molecular weight is 427 g/mol. The van der Waals surface area contributed by atoms with Crippen LogP contribution in [0, 0.1) is 17.3 Å². The molecule has 1 aromatic carbocycles. The van der Waals surface area contributed by atoms with Gasteiger partial charge in [0.25, 0.3) is 5.91 Å². The minimum Gasteiger partial charge on any atom is -0.344 e. The molecule has 1 saturated carbocycles. The summed E-state index contributed by atoms with van der Waals surface area (Å²) in [6, 6.07) is 7.03. The van der Waals surface area contributed by atoms with Gasteiger partial charge in [0, 0.05) is 11.5 Å². The van der Waals surface area contributed by atoms with Crippen molar-refractivity contribution >= 4 is 23.2 Å². The number of carbonyl (C=O) groups is 1. The van der Waals surface area contributed by atoms with Gasteiger partial charge in [0.2, 0.25) is 0 Å². The SMILES string of the molecule is CCC1CCC2(CC1)Cc1ccc(CCC(C)C)cc1C21NC(=S)N(C(C)C)C1=O. The highest BCUT2D eigenvalue weighted by atomic mass is 32.1. The first-order valence-corrected chi connectivity index (χ1v) is 12.4. The molecule has 2 fully saturated rings. The van der Waals surface area contributed by atoms with Crippen LogP contribution in [0.25, 0.3) is 0 Å². The van der Waals surface area contributed by atoms with Crippen LogP contribution in [0.3, 0.4) is 0 Å². The summed E-state index contributed by atoms with van der Waals surface area (Å²) in [5.74, 6) is 1.66. The van der Waals surface area contributed by atoms with Crippen molar-refractivity contribution in [3.05, 3.63) is 34.9 Å². The Kier molecular flexibility index (Phi) is 5.76. The van der Waals surface area contributed by atoms with Gasteiger partial charge in [-0.05, 0) is 99.5 Å². The van der Waals surface area contributed by atoms with Crippen molar-refractivity contribution in [3.63, 3.8) is 0 Å². The predicted octanol–water partition coefficient (Wildman–Crippen LogP) is 5.74. The standard InChI is InChI=1S/C26H38N2OS/c1-6-19-11-13-25(14-12-19)16-21-10-9-20(8-7-17(2)3)15-22(21)26(25)23(29)28(18(4)5)24(30)27-26/h9-10,15,17-19H,6-8,11-14,16H2,1-5H3,(H,27,30). The maximum atomic E-state index is 14.1. The van der Waals surface area contributed by atoms with E-state index in [-0.39, 0.29) is 17.4 Å². The van der Waals surface area contributed by atoms with Crippen LogP contribution in [0.4, 0.5) is 0 Å². The highest BCUT2D eigenvalue weighted by molar-refractivity contribution is 7.80. The molecule has 1 aromatic rings. The fourth-order valence-corrected chi connectivity index (χ4v) is 6.72. The molecule has 1 N–H and O–H groups in total. The summed E-state index contributed by atoms with van der Waals surface area (Å²) in [5, 5.41) is 4.28. The van der Waals surface area contributed by atoms with Crippen molar-refractivity contribution in [1.82, 2.24) is 10.2 Å². The number of amides is 1.